The van der Waals surface area contributed by atoms with Gasteiger partial charge in [-0.3, -0.25) is 0 Å². The summed E-state index contributed by atoms with van der Waals surface area (Å²) >= 11 is 0. The van der Waals surface area contributed by atoms with Crippen LogP contribution in [0.1, 0.15) is 39.0 Å². The van der Waals surface area contributed by atoms with E-state index in [0.29, 0.717) is 6.61 Å². The van der Waals surface area contributed by atoms with E-state index in [9.17, 15) is 0 Å². The van der Waals surface area contributed by atoms with Crippen molar-refractivity contribution in [3.05, 3.63) is 12.2 Å². The van der Waals surface area contributed by atoms with Crippen molar-refractivity contribution >= 4 is 0 Å². The fourth-order valence-corrected chi connectivity index (χ4v) is 1.18. The minimum atomic E-state index is -0.402. The third kappa shape index (κ3) is 9.91. The van der Waals surface area contributed by atoms with Crippen molar-refractivity contribution in [2.24, 2.45) is 0 Å². The van der Waals surface area contributed by atoms with Gasteiger partial charge < -0.3 is 14.9 Å². The van der Waals surface area contributed by atoms with Crippen LogP contribution in [0.25, 0.3) is 0 Å². The molecule has 0 aliphatic carbocycles. The van der Waals surface area contributed by atoms with Gasteiger partial charge in [0.1, 0.15) is 6.10 Å². The first-order valence-corrected chi connectivity index (χ1v) is 5.83. The molecule has 0 aliphatic rings. The van der Waals surface area contributed by atoms with Crippen molar-refractivity contribution in [3.63, 3.8) is 0 Å². The first kappa shape index (κ1) is 14.6. The van der Waals surface area contributed by atoms with Crippen LogP contribution in [0.4, 0.5) is 0 Å². The lowest BCUT2D eigenvalue weighted by atomic mass is 10.2. The molecule has 0 fully saturated rings. The smallest absolute Gasteiger partial charge is 0.104 e. The van der Waals surface area contributed by atoms with Gasteiger partial charge in [0.15, 0.2) is 0 Å². The molecular weight excluding hydrogens is 192 g/mol. The summed E-state index contributed by atoms with van der Waals surface area (Å²) in [6, 6.07) is 0. The van der Waals surface area contributed by atoms with Gasteiger partial charge >= 0.3 is 0 Å². The number of allylic oxidation sites excluding steroid dienone is 2. The van der Waals surface area contributed by atoms with Gasteiger partial charge in [0, 0.05) is 6.61 Å². The molecule has 0 heterocycles. The SMILES string of the molecule is CCC/C=C/CCCCOC(CO)CO. The van der Waals surface area contributed by atoms with Crippen molar-refractivity contribution in [1.29, 1.82) is 0 Å². The monoisotopic (exact) mass is 216 g/mol. The molecule has 0 radical (unpaired) electrons. The largest absolute Gasteiger partial charge is 0.394 e. The van der Waals surface area contributed by atoms with Crippen molar-refractivity contribution in [1.82, 2.24) is 0 Å². The summed E-state index contributed by atoms with van der Waals surface area (Å²) in [7, 11) is 0. The molecule has 0 aromatic rings. The van der Waals surface area contributed by atoms with Crippen LogP contribution in [0, 0.1) is 0 Å². The van der Waals surface area contributed by atoms with Gasteiger partial charge in [-0.05, 0) is 25.7 Å². The number of aliphatic hydroxyl groups excluding tert-OH is 2. The van der Waals surface area contributed by atoms with Crippen LogP contribution in [0.5, 0.6) is 0 Å². The highest BCUT2D eigenvalue weighted by Gasteiger charge is 2.03. The maximum Gasteiger partial charge on any atom is 0.104 e. The van der Waals surface area contributed by atoms with Crippen molar-refractivity contribution in [2.45, 2.75) is 45.1 Å². The lowest BCUT2D eigenvalue weighted by Crippen LogP contribution is -2.22. The third-order valence-corrected chi connectivity index (χ3v) is 2.15. The Kier molecular flexibility index (Phi) is 11.4. The van der Waals surface area contributed by atoms with Gasteiger partial charge in [0.05, 0.1) is 13.2 Å². The van der Waals surface area contributed by atoms with Crippen LogP contribution >= 0.6 is 0 Å². The van der Waals surface area contributed by atoms with E-state index in [2.05, 4.69) is 19.1 Å². The first-order valence-electron chi connectivity index (χ1n) is 5.83. The van der Waals surface area contributed by atoms with Gasteiger partial charge in [-0.2, -0.15) is 0 Å². The normalized spacial score (nSPS) is 11.7. The second kappa shape index (κ2) is 11.7. The summed E-state index contributed by atoms with van der Waals surface area (Å²) < 4.78 is 5.24. The Balaban J connectivity index is 3.17. The summed E-state index contributed by atoms with van der Waals surface area (Å²) in [5, 5.41) is 17.5. The van der Waals surface area contributed by atoms with E-state index in [1.807, 2.05) is 0 Å². The zero-order chi connectivity index (χ0) is 11.4. The molecular formula is C12H24O3. The predicted octanol–water partition coefficient (Wildman–Crippen LogP) is 1.88. The molecule has 0 rings (SSSR count). The van der Waals surface area contributed by atoms with Gasteiger partial charge in [-0.25, -0.2) is 0 Å². The average Bonchev–Trinajstić information content (AvgIpc) is 2.27. The molecule has 0 aromatic carbocycles. The zero-order valence-electron chi connectivity index (χ0n) is 9.69. The molecule has 0 saturated carbocycles. The quantitative estimate of drug-likeness (QED) is 0.433. The molecule has 3 heteroatoms. The maximum atomic E-state index is 8.73. The summed E-state index contributed by atoms with van der Waals surface area (Å²) in [4.78, 5) is 0. The number of unbranched alkanes of at least 4 members (excludes halogenated alkanes) is 3. The standard InChI is InChI=1S/C12H24O3/c1-2-3-4-5-6-7-8-9-15-12(10-13)11-14/h4-5,12-14H,2-3,6-11H2,1H3/b5-4+. The molecule has 90 valence electrons. The van der Waals surface area contributed by atoms with Crippen LogP contribution in [0.2, 0.25) is 0 Å². The van der Waals surface area contributed by atoms with Crippen LogP contribution in [-0.4, -0.2) is 36.1 Å². The van der Waals surface area contributed by atoms with Crippen LogP contribution in [-0.2, 0) is 4.74 Å². The first-order chi connectivity index (χ1) is 7.35. The predicted molar refractivity (Wildman–Crippen MR) is 61.8 cm³/mol. The Hall–Kier alpha value is -0.380. The van der Waals surface area contributed by atoms with Crippen LogP contribution in [0.15, 0.2) is 12.2 Å². The molecule has 2 N–H and O–H groups in total. The van der Waals surface area contributed by atoms with Gasteiger partial charge in [-0.15, -0.1) is 0 Å². The number of hydrogen-bond acceptors (Lipinski definition) is 3. The third-order valence-electron chi connectivity index (χ3n) is 2.15. The van der Waals surface area contributed by atoms with E-state index < -0.39 is 6.10 Å². The fraction of sp³-hybridized carbons (Fsp3) is 0.833. The minimum Gasteiger partial charge on any atom is -0.394 e. The number of aliphatic hydroxyl groups is 2. The van der Waals surface area contributed by atoms with Gasteiger partial charge in [0.2, 0.25) is 0 Å². The Morgan fingerprint density at radius 1 is 1.07 bits per heavy atom. The van der Waals surface area contributed by atoms with E-state index in [1.54, 1.807) is 0 Å². The second-order valence-electron chi connectivity index (χ2n) is 3.61. The summed E-state index contributed by atoms with van der Waals surface area (Å²) in [5.74, 6) is 0. The zero-order valence-corrected chi connectivity index (χ0v) is 9.69. The molecule has 0 atom stereocenters. The highest BCUT2D eigenvalue weighted by molar-refractivity contribution is 4.80. The number of hydrogen-bond donors (Lipinski definition) is 2. The van der Waals surface area contributed by atoms with E-state index in [1.165, 1.54) is 6.42 Å². The molecule has 0 spiro atoms. The summed E-state index contributed by atoms with van der Waals surface area (Å²) in [6.07, 6.45) is 9.55. The number of rotatable bonds is 10. The molecule has 0 unspecified atom stereocenters. The van der Waals surface area contributed by atoms with E-state index in [4.69, 9.17) is 14.9 Å². The maximum absolute atomic E-state index is 8.73. The van der Waals surface area contributed by atoms with Crippen LogP contribution in [0.3, 0.4) is 0 Å². The minimum absolute atomic E-state index is 0.104. The van der Waals surface area contributed by atoms with Gasteiger partial charge in [0.25, 0.3) is 0 Å². The Morgan fingerprint density at radius 3 is 2.33 bits per heavy atom. The molecule has 0 saturated heterocycles. The molecule has 0 aromatic heterocycles. The van der Waals surface area contributed by atoms with Crippen molar-refractivity contribution in [2.75, 3.05) is 19.8 Å². The lowest BCUT2D eigenvalue weighted by Gasteiger charge is -2.11. The average molecular weight is 216 g/mol. The molecule has 0 amide bonds. The molecule has 15 heavy (non-hydrogen) atoms. The van der Waals surface area contributed by atoms with E-state index in [-0.39, 0.29) is 13.2 Å². The van der Waals surface area contributed by atoms with Crippen molar-refractivity contribution < 1.29 is 14.9 Å². The van der Waals surface area contributed by atoms with Crippen LogP contribution < -0.4 is 0 Å². The highest BCUT2D eigenvalue weighted by atomic mass is 16.5. The summed E-state index contributed by atoms with van der Waals surface area (Å²) in [6.45, 7) is 2.58. The highest BCUT2D eigenvalue weighted by Crippen LogP contribution is 2.00. The molecule has 0 aliphatic heterocycles. The second-order valence-corrected chi connectivity index (χ2v) is 3.61. The molecule has 3 nitrogen and oxygen atoms in total. The van der Waals surface area contributed by atoms with Crippen molar-refractivity contribution in [3.8, 4) is 0 Å². The fourth-order valence-electron chi connectivity index (χ4n) is 1.18. The Bertz CT molecular complexity index is 142. The van der Waals surface area contributed by atoms with E-state index in [0.717, 1.165) is 25.7 Å². The Labute approximate surface area is 92.8 Å². The molecule has 0 bridgehead atoms. The number of ether oxygens (including phenoxy) is 1. The topological polar surface area (TPSA) is 49.7 Å². The summed E-state index contributed by atoms with van der Waals surface area (Å²) in [5.41, 5.74) is 0. The van der Waals surface area contributed by atoms with E-state index >= 15 is 0 Å². The Morgan fingerprint density at radius 2 is 1.73 bits per heavy atom. The lowest BCUT2D eigenvalue weighted by molar-refractivity contribution is -0.0206. The van der Waals surface area contributed by atoms with Gasteiger partial charge in [-0.1, -0.05) is 25.5 Å².